The fraction of sp³-hybridized carbons (Fsp3) is 0.917. The summed E-state index contributed by atoms with van der Waals surface area (Å²) in [6.45, 7) is 4.28. The van der Waals surface area contributed by atoms with E-state index >= 15 is 0 Å². The normalized spacial score (nSPS) is 26.7. The molecule has 0 aliphatic heterocycles. The van der Waals surface area contributed by atoms with Crippen LogP contribution in [0, 0.1) is 0 Å². The van der Waals surface area contributed by atoms with E-state index in [0.717, 1.165) is 25.7 Å². The Labute approximate surface area is 97.7 Å². The number of esters is 1. The second kappa shape index (κ2) is 6.86. The maximum absolute atomic E-state index is 11.6. The van der Waals surface area contributed by atoms with Crippen LogP contribution in [0.3, 0.4) is 0 Å². The molecular formula is C12H23NO3. The Morgan fingerprint density at radius 1 is 1.44 bits per heavy atom. The SMILES string of the molecule is CCOC(=O)C(CC)NC1CCC(OC)C1. The summed E-state index contributed by atoms with van der Waals surface area (Å²) in [4.78, 5) is 11.6. The van der Waals surface area contributed by atoms with Gasteiger partial charge in [0.25, 0.3) is 0 Å². The molecule has 0 radical (unpaired) electrons. The fourth-order valence-corrected chi connectivity index (χ4v) is 2.19. The van der Waals surface area contributed by atoms with Crippen LogP contribution in [-0.4, -0.2) is 37.9 Å². The average Bonchev–Trinajstić information content (AvgIpc) is 2.73. The minimum atomic E-state index is -0.166. The van der Waals surface area contributed by atoms with Crippen LogP contribution in [0.25, 0.3) is 0 Å². The number of carbonyl (C=O) groups excluding carboxylic acids is 1. The van der Waals surface area contributed by atoms with Crippen LogP contribution in [0.5, 0.6) is 0 Å². The van der Waals surface area contributed by atoms with Gasteiger partial charge in [-0.05, 0) is 32.6 Å². The third-order valence-corrected chi connectivity index (χ3v) is 3.13. The number of nitrogens with one attached hydrogen (secondary N) is 1. The van der Waals surface area contributed by atoms with Gasteiger partial charge in [-0.2, -0.15) is 0 Å². The highest BCUT2D eigenvalue weighted by Gasteiger charge is 2.28. The molecule has 1 fully saturated rings. The van der Waals surface area contributed by atoms with Gasteiger partial charge in [-0.1, -0.05) is 6.92 Å². The summed E-state index contributed by atoms with van der Waals surface area (Å²) >= 11 is 0. The van der Waals surface area contributed by atoms with Gasteiger partial charge in [0, 0.05) is 13.2 Å². The standard InChI is InChI=1S/C12H23NO3/c1-4-11(12(14)16-5-2)13-9-6-7-10(8-9)15-3/h9-11,13H,4-8H2,1-3H3. The maximum atomic E-state index is 11.6. The number of hydrogen-bond donors (Lipinski definition) is 1. The average molecular weight is 229 g/mol. The number of hydrogen-bond acceptors (Lipinski definition) is 4. The summed E-state index contributed by atoms with van der Waals surface area (Å²) < 4.78 is 10.3. The molecule has 0 aromatic carbocycles. The summed E-state index contributed by atoms with van der Waals surface area (Å²) in [5.41, 5.74) is 0. The molecule has 4 nitrogen and oxygen atoms in total. The molecule has 16 heavy (non-hydrogen) atoms. The van der Waals surface area contributed by atoms with Gasteiger partial charge in [0.1, 0.15) is 6.04 Å². The third kappa shape index (κ3) is 3.76. The first-order valence-corrected chi connectivity index (χ1v) is 6.16. The van der Waals surface area contributed by atoms with Crippen LogP contribution < -0.4 is 5.32 Å². The summed E-state index contributed by atoms with van der Waals surface area (Å²) in [6.07, 6.45) is 4.26. The Morgan fingerprint density at radius 2 is 2.19 bits per heavy atom. The van der Waals surface area contributed by atoms with Crippen molar-refractivity contribution in [3.63, 3.8) is 0 Å². The van der Waals surface area contributed by atoms with E-state index in [2.05, 4.69) is 5.32 Å². The third-order valence-electron chi connectivity index (χ3n) is 3.13. The van der Waals surface area contributed by atoms with E-state index in [-0.39, 0.29) is 12.0 Å². The van der Waals surface area contributed by atoms with Crippen molar-refractivity contribution in [2.24, 2.45) is 0 Å². The number of rotatable bonds is 6. The van der Waals surface area contributed by atoms with Gasteiger partial charge in [-0.3, -0.25) is 4.79 Å². The fourth-order valence-electron chi connectivity index (χ4n) is 2.19. The molecule has 1 saturated carbocycles. The lowest BCUT2D eigenvalue weighted by Gasteiger charge is -2.20. The van der Waals surface area contributed by atoms with Gasteiger partial charge < -0.3 is 14.8 Å². The molecule has 1 rings (SSSR count). The Hall–Kier alpha value is -0.610. The van der Waals surface area contributed by atoms with E-state index < -0.39 is 0 Å². The van der Waals surface area contributed by atoms with Gasteiger partial charge >= 0.3 is 5.97 Å². The van der Waals surface area contributed by atoms with Gasteiger partial charge in [-0.15, -0.1) is 0 Å². The van der Waals surface area contributed by atoms with E-state index in [4.69, 9.17) is 9.47 Å². The lowest BCUT2D eigenvalue weighted by atomic mass is 10.1. The largest absolute Gasteiger partial charge is 0.465 e. The highest BCUT2D eigenvalue weighted by atomic mass is 16.5. The van der Waals surface area contributed by atoms with Crippen LogP contribution in [0.15, 0.2) is 0 Å². The second-order valence-electron chi connectivity index (χ2n) is 4.25. The van der Waals surface area contributed by atoms with Crippen molar-refractivity contribution in [2.75, 3.05) is 13.7 Å². The van der Waals surface area contributed by atoms with Gasteiger partial charge in [0.15, 0.2) is 0 Å². The Kier molecular flexibility index (Phi) is 5.77. The quantitative estimate of drug-likeness (QED) is 0.701. The maximum Gasteiger partial charge on any atom is 0.323 e. The van der Waals surface area contributed by atoms with Crippen LogP contribution >= 0.6 is 0 Å². The number of ether oxygens (including phenoxy) is 2. The minimum Gasteiger partial charge on any atom is -0.465 e. The van der Waals surface area contributed by atoms with Crippen molar-refractivity contribution in [1.82, 2.24) is 5.32 Å². The van der Waals surface area contributed by atoms with Gasteiger partial charge in [0.2, 0.25) is 0 Å². The molecule has 1 N–H and O–H groups in total. The topological polar surface area (TPSA) is 47.6 Å². The number of methoxy groups -OCH3 is 1. The molecule has 0 spiro atoms. The lowest BCUT2D eigenvalue weighted by molar-refractivity contribution is -0.146. The molecule has 1 aliphatic carbocycles. The zero-order chi connectivity index (χ0) is 12.0. The monoisotopic (exact) mass is 229 g/mol. The predicted octanol–water partition coefficient (Wildman–Crippen LogP) is 1.49. The van der Waals surface area contributed by atoms with E-state index in [0.29, 0.717) is 18.8 Å². The molecule has 0 heterocycles. The summed E-state index contributed by atoms with van der Waals surface area (Å²) in [5.74, 6) is -0.133. The molecule has 1 aliphatic rings. The Morgan fingerprint density at radius 3 is 2.69 bits per heavy atom. The van der Waals surface area contributed by atoms with E-state index in [1.54, 1.807) is 7.11 Å². The molecule has 3 atom stereocenters. The summed E-state index contributed by atoms with van der Waals surface area (Å²) in [7, 11) is 1.75. The first kappa shape index (κ1) is 13.5. The van der Waals surface area contributed by atoms with Gasteiger partial charge in [0.05, 0.1) is 12.7 Å². The molecule has 0 amide bonds. The Balaban J connectivity index is 2.36. The second-order valence-corrected chi connectivity index (χ2v) is 4.25. The molecule has 0 aromatic rings. The molecular weight excluding hydrogens is 206 g/mol. The van der Waals surface area contributed by atoms with Crippen LogP contribution in [0.1, 0.15) is 39.5 Å². The molecule has 3 unspecified atom stereocenters. The van der Waals surface area contributed by atoms with Crippen molar-refractivity contribution >= 4 is 5.97 Å². The smallest absolute Gasteiger partial charge is 0.323 e. The zero-order valence-electron chi connectivity index (χ0n) is 10.5. The molecule has 94 valence electrons. The van der Waals surface area contributed by atoms with Crippen molar-refractivity contribution in [3.05, 3.63) is 0 Å². The van der Waals surface area contributed by atoms with Gasteiger partial charge in [-0.25, -0.2) is 0 Å². The van der Waals surface area contributed by atoms with E-state index in [1.807, 2.05) is 13.8 Å². The first-order chi connectivity index (χ1) is 7.71. The molecule has 0 aromatic heterocycles. The summed E-state index contributed by atoms with van der Waals surface area (Å²) in [6, 6.07) is 0.222. The lowest BCUT2D eigenvalue weighted by Crippen LogP contribution is -2.43. The van der Waals surface area contributed by atoms with Crippen molar-refractivity contribution < 1.29 is 14.3 Å². The summed E-state index contributed by atoms with van der Waals surface area (Å²) in [5, 5.41) is 3.36. The number of carbonyl (C=O) groups is 1. The molecule has 0 saturated heterocycles. The van der Waals surface area contributed by atoms with Crippen molar-refractivity contribution in [3.8, 4) is 0 Å². The highest BCUT2D eigenvalue weighted by Crippen LogP contribution is 2.22. The first-order valence-electron chi connectivity index (χ1n) is 6.16. The van der Waals surface area contributed by atoms with E-state index in [9.17, 15) is 4.79 Å². The van der Waals surface area contributed by atoms with Crippen LogP contribution in [-0.2, 0) is 14.3 Å². The zero-order valence-corrected chi connectivity index (χ0v) is 10.5. The Bertz CT molecular complexity index is 220. The van der Waals surface area contributed by atoms with Crippen LogP contribution in [0.4, 0.5) is 0 Å². The van der Waals surface area contributed by atoms with Crippen molar-refractivity contribution in [2.45, 2.75) is 57.7 Å². The van der Waals surface area contributed by atoms with Crippen molar-refractivity contribution in [1.29, 1.82) is 0 Å². The molecule has 0 bridgehead atoms. The molecule has 4 heteroatoms. The van der Waals surface area contributed by atoms with E-state index in [1.165, 1.54) is 0 Å². The predicted molar refractivity (Wildman–Crippen MR) is 62.3 cm³/mol. The minimum absolute atomic E-state index is 0.133. The highest BCUT2D eigenvalue weighted by molar-refractivity contribution is 5.75. The van der Waals surface area contributed by atoms with Crippen LogP contribution in [0.2, 0.25) is 0 Å².